The first-order valence-electron chi connectivity index (χ1n) is 12.2. The molecule has 4 aromatic rings. The summed E-state index contributed by atoms with van der Waals surface area (Å²) in [4.78, 5) is 33.2. The van der Waals surface area contributed by atoms with Crippen molar-refractivity contribution >= 4 is 44.9 Å². The minimum Gasteiger partial charge on any atom is -0.372 e. The fraction of sp³-hybridized carbons (Fsp3) is 0.321. The van der Waals surface area contributed by atoms with Gasteiger partial charge in [0.1, 0.15) is 4.83 Å². The van der Waals surface area contributed by atoms with Gasteiger partial charge in [-0.05, 0) is 35.6 Å². The Kier molecular flexibility index (Phi) is 7.55. The molecule has 2 aromatic heterocycles. The summed E-state index contributed by atoms with van der Waals surface area (Å²) in [6.07, 6.45) is 1.54. The lowest BCUT2D eigenvalue weighted by Gasteiger charge is -2.26. The molecular weight excluding hydrogens is 490 g/mol. The maximum atomic E-state index is 13.9. The van der Waals surface area contributed by atoms with Crippen LogP contribution >= 0.6 is 23.1 Å². The van der Waals surface area contributed by atoms with Crippen molar-refractivity contribution in [2.75, 3.05) is 11.1 Å². The Hall–Kier alpha value is -2.94. The number of benzene rings is 2. The monoisotopic (exact) mass is 519 g/mol. The minimum atomic E-state index is -0.131. The van der Waals surface area contributed by atoms with E-state index < -0.39 is 0 Å². The Labute approximate surface area is 218 Å². The van der Waals surface area contributed by atoms with Gasteiger partial charge < -0.3 is 10.1 Å². The summed E-state index contributed by atoms with van der Waals surface area (Å²) in [6, 6.07) is 19.5. The van der Waals surface area contributed by atoms with Crippen LogP contribution in [0.4, 0.5) is 5.69 Å². The molecule has 1 N–H and O–H groups in total. The van der Waals surface area contributed by atoms with E-state index >= 15 is 0 Å². The van der Waals surface area contributed by atoms with Gasteiger partial charge in [-0.25, -0.2) is 4.98 Å². The summed E-state index contributed by atoms with van der Waals surface area (Å²) in [5.74, 6) is 0.412. The molecule has 5 rings (SSSR count). The van der Waals surface area contributed by atoms with Crippen LogP contribution in [0.1, 0.15) is 29.9 Å². The number of aryl methyl sites for hydroxylation is 1. The fourth-order valence-corrected chi connectivity index (χ4v) is 6.40. The van der Waals surface area contributed by atoms with Crippen LogP contribution in [0.5, 0.6) is 0 Å². The van der Waals surface area contributed by atoms with E-state index in [4.69, 9.17) is 9.72 Å². The van der Waals surface area contributed by atoms with E-state index in [9.17, 15) is 9.59 Å². The summed E-state index contributed by atoms with van der Waals surface area (Å²) in [5, 5.41) is 4.20. The van der Waals surface area contributed by atoms with Crippen molar-refractivity contribution < 1.29 is 9.53 Å². The number of hydrogen-bond acceptors (Lipinski definition) is 6. The highest BCUT2D eigenvalue weighted by Gasteiger charge is 2.28. The number of amides is 1. The topological polar surface area (TPSA) is 73.2 Å². The summed E-state index contributed by atoms with van der Waals surface area (Å²) in [5.41, 5.74) is 2.97. The predicted molar refractivity (Wildman–Crippen MR) is 147 cm³/mol. The molecule has 1 unspecified atom stereocenters. The van der Waals surface area contributed by atoms with Gasteiger partial charge in [0, 0.05) is 23.5 Å². The number of fused-ring (bicyclic) bond motifs is 3. The summed E-state index contributed by atoms with van der Waals surface area (Å²) < 4.78 is 7.80. The maximum absolute atomic E-state index is 13.9. The molecule has 6 nitrogen and oxygen atoms in total. The molecule has 0 spiro atoms. The van der Waals surface area contributed by atoms with Gasteiger partial charge in [0.2, 0.25) is 5.91 Å². The third-order valence-electron chi connectivity index (χ3n) is 6.39. The largest absolute Gasteiger partial charge is 0.372 e. The maximum Gasteiger partial charge on any atom is 0.263 e. The number of carbonyl (C=O) groups excluding carboxylic acids is 1. The molecule has 1 aliphatic rings. The quantitative estimate of drug-likeness (QED) is 0.245. The van der Waals surface area contributed by atoms with Crippen LogP contribution in [0.25, 0.3) is 10.2 Å². The molecule has 1 amide bonds. The van der Waals surface area contributed by atoms with Crippen molar-refractivity contribution in [2.24, 2.45) is 5.92 Å². The van der Waals surface area contributed by atoms with Gasteiger partial charge in [0.15, 0.2) is 5.16 Å². The van der Waals surface area contributed by atoms with Crippen molar-refractivity contribution in [1.82, 2.24) is 9.55 Å². The molecule has 0 saturated heterocycles. The second kappa shape index (κ2) is 11.0. The minimum absolute atomic E-state index is 0.0243. The second-order valence-corrected chi connectivity index (χ2v) is 11.3. The van der Waals surface area contributed by atoms with E-state index in [-0.39, 0.29) is 23.3 Å². The van der Waals surface area contributed by atoms with Crippen LogP contribution in [0, 0.1) is 5.92 Å². The molecule has 8 heteroatoms. The van der Waals surface area contributed by atoms with Crippen molar-refractivity contribution in [1.29, 1.82) is 0 Å². The van der Waals surface area contributed by atoms with Crippen LogP contribution in [0.15, 0.2) is 70.6 Å². The van der Waals surface area contributed by atoms with Crippen molar-refractivity contribution in [3.8, 4) is 0 Å². The van der Waals surface area contributed by atoms with Crippen molar-refractivity contribution in [3.05, 3.63) is 87.0 Å². The number of hydrogen-bond donors (Lipinski definition) is 1. The molecule has 0 bridgehead atoms. The first kappa shape index (κ1) is 24.7. The zero-order valence-corrected chi connectivity index (χ0v) is 22.0. The number of ether oxygens (including phenoxy) is 1. The average molecular weight is 520 g/mol. The van der Waals surface area contributed by atoms with Crippen LogP contribution in [-0.2, 0) is 35.5 Å². The highest BCUT2D eigenvalue weighted by Crippen LogP contribution is 2.36. The van der Waals surface area contributed by atoms with Crippen LogP contribution in [0.3, 0.4) is 0 Å². The van der Waals surface area contributed by atoms with Gasteiger partial charge in [-0.1, -0.05) is 74.1 Å². The van der Waals surface area contributed by atoms with Crippen molar-refractivity contribution in [3.63, 3.8) is 0 Å². The molecule has 0 saturated carbocycles. The standard InChI is InChI=1S/C28H29N3O3S2/c1-18(2)22-15-21-23(16-34-22)36-26-25(21)27(33)31(14-13-19-9-5-3-6-10-19)28(30-26)35-17-24(32)29-20-11-7-4-8-12-20/h3-12,18,22H,13-17H2,1-2H3,(H,29,32). The Balaban J connectivity index is 1.46. The summed E-state index contributed by atoms with van der Waals surface area (Å²) in [7, 11) is 0. The molecule has 186 valence electrons. The van der Waals surface area contributed by atoms with E-state index in [1.807, 2.05) is 48.5 Å². The van der Waals surface area contributed by atoms with Gasteiger partial charge >= 0.3 is 0 Å². The van der Waals surface area contributed by atoms with E-state index in [1.165, 1.54) is 23.1 Å². The molecular formula is C28H29N3O3S2. The molecule has 0 radical (unpaired) electrons. The lowest BCUT2D eigenvalue weighted by Crippen LogP contribution is -2.29. The predicted octanol–water partition coefficient (Wildman–Crippen LogP) is 5.53. The van der Waals surface area contributed by atoms with Crippen LogP contribution in [-0.4, -0.2) is 27.3 Å². The highest BCUT2D eigenvalue weighted by molar-refractivity contribution is 7.99. The number of thioether (sulfide) groups is 1. The smallest absolute Gasteiger partial charge is 0.263 e. The number of nitrogens with zero attached hydrogens (tertiary/aromatic N) is 2. The first-order chi connectivity index (χ1) is 17.5. The van der Waals surface area contributed by atoms with Crippen LogP contribution < -0.4 is 10.9 Å². The van der Waals surface area contributed by atoms with Gasteiger partial charge in [-0.15, -0.1) is 11.3 Å². The second-order valence-electron chi connectivity index (χ2n) is 9.27. The van der Waals surface area contributed by atoms with Crippen LogP contribution in [0.2, 0.25) is 0 Å². The average Bonchev–Trinajstić information content (AvgIpc) is 3.26. The normalized spacial score (nSPS) is 15.2. The number of thiophene rings is 1. The van der Waals surface area contributed by atoms with E-state index in [0.29, 0.717) is 30.6 Å². The van der Waals surface area contributed by atoms with E-state index in [2.05, 4.69) is 31.3 Å². The third-order valence-corrected chi connectivity index (χ3v) is 8.47. The molecule has 2 aromatic carbocycles. The number of carbonyl (C=O) groups is 1. The lowest BCUT2D eigenvalue weighted by atomic mass is 9.96. The number of rotatable bonds is 8. The zero-order chi connectivity index (χ0) is 25.1. The molecule has 0 aliphatic carbocycles. The van der Waals surface area contributed by atoms with Gasteiger partial charge in [0.05, 0.1) is 23.8 Å². The summed E-state index contributed by atoms with van der Waals surface area (Å²) in [6.45, 7) is 5.32. The number of nitrogens with one attached hydrogen (secondary N) is 1. The Morgan fingerprint density at radius 2 is 1.89 bits per heavy atom. The number of anilines is 1. The van der Waals surface area contributed by atoms with Crippen molar-refractivity contribution in [2.45, 2.75) is 51.1 Å². The van der Waals surface area contributed by atoms with E-state index in [0.717, 1.165) is 38.3 Å². The fourth-order valence-electron chi connectivity index (χ4n) is 4.41. The first-order valence-corrected chi connectivity index (χ1v) is 14.0. The molecule has 36 heavy (non-hydrogen) atoms. The van der Waals surface area contributed by atoms with E-state index in [1.54, 1.807) is 4.57 Å². The SMILES string of the molecule is CC(C)C1Cc2c(sc3nc(SCC(=O)Nc4ccccc4)n(CCc4ccccc4)c(=O)c23)CO1. The molecule has 0 fully saturated rings. The number of aromatic nitrogens is 2. The zero-order valence-electron chi connectivity index (χ0n) is 20.4. The third kappa shape index (κ3) is 5.40. The number of para-hydroxylation sites is 1. The molecule has 3 heterocycles. The molecule has 1 aliphatic heterocycles. The van der Waals surface area contributed by atoms with Gasteiger partial charge in [-0.3, -0.25) is 14.2 Å². The Bertz CT molecular complexity index is 1420. The lowest BCUT2D eigenvalue weighted by molar-refractivity contribution is -0.113. The Morgan fingerprint density at radius 1 is 1.17 bits per heavy atom. The highest BCUT2D eigenvalue weighted by atomic mass is 32.2. The van der Waals surface area contributed by atoms with Gasteiger partial charge in [-0.2, -0.15) is 0 Å². The Morgan fingerprint density at radius 3 is 2.61 bits per heavy atom. The summed E-state index contributed by atoms with van der Waals surface area (Å²) >= 11 is 2.84. The molecule has 1 atom stereocenters. The van der Waals surface area contributed by atoms with Gasteiger partial charge in [0.25, 0.3) is 5.56 Å².